The summed E-state index contributed by atoms with van der Waals surface area (Å²) in [5.74, 6) is 0.843. The molecule has 0 saturated carbocycles. The third-order valence-electron chi connectivity index (χ3n) is 3.59. The highest BCUT2D eigenvalue weighted by atomic mass is 35.5. The van der Waals surface area contributed by atoms with Crippen molar-refractivity contribution in [2.45, 2.75) is 25.9 Å². The first-order valence-corrected chi connectivity index (χ1v) is 7.27. The topological polar surface area (TPSA) is 63.2 Å². The lowest BCUT2D eigenvalue weighted by atomic mass is 9.99. The lowest BCUT2D eigenvalue weighted by Crippen LogP contribution is -2.32. The highest BCUT2D eigenvalue weighted by molar-refractivity contribution is 6.29. The first-order valence-electron chi connectivity index (χ1n) is 6.89. The summed E-state index contributed by atoms with van der Waals surface area (Å²) in [6, 6.07) is 3.25. The number of hydrogen-bond acceptors (Lipinski definition) is 4. The standard InChI is InChI=1S/C14H20ClN3O2/c1-3-11-9(4-5-20-11)8-17-14(19)10-6-12(15)18-13(7-10)16-2/h6-7,9,11H,3-5,8H2,1-2H3,(H,16,18)(H,17,19). The van der Waals surface area contributed by atoms with Gasteiger partial charge < -0.3 is 15.4 Å². The van der Waals surface area contributed by atoms with Crippen LogP contribution in [0.4, 0.5) is 5.82 Å². The van der Waals surface area contributed by atoms with Crippen LogP contribution in [0.15, 0.2) is 12.1 Å². The Morgan fingerprint density at radius 3 is 3.05 bits per heavy atom. The van der Waals surface area contributed by atoms with Crippen molar-refractivity contribution in [1.29, 1.82) is 0 Å². The van der Waals surface area contributed by atoms with E-state index in [9.17, 15) is 4.79 Å². The van der Waals surface area contributed by atoms with Crippen molar-refractivity contribution in [3.05, 3.63) is 22.8 Å². The molecule has 2 rings (SSSR count). The van der Waals surface area contributed by atoms with Crippen LogP contribution < -0.4 is 10.6 Å². The second-order valence-electron chi connectivity index (χ2n) is 4.89. The Hall–Kier alpha value is -1.33. The molecule has 1 aromatic heterocycles. The summed E-state index contributed by atoms with van der Waals surface area (Å²) in [4.78, 5) is 16.2. The minimum atomic E-state index is -0.132. The van der Waals surface area contributed by atoms with E-state index in [2.05, 4.69) is 22.5 Å². The van der Waals surface area contributed by atoms with Gasteiger partial charge in [0.1, 0.15) is 11.0 Å². The number of anilines is 1. The van der Waals surface area contributed by atoms with Crippen LogP contribution >= 0.6 is 11.6 Å². The average molecular weight is 298 g/mol. The third kappa shape index (κ3) is 3.61. The number of pyridine rings is 1. The Balaban J connectivity index is 1.96. The van der Waals surface area contributed by atoms with Crippen LogP contribution in [0.3, 0.4) is 0 Å². The molecule has 5 nitrogen and oxygen atoms in total. The zero-order valence-corrected chi connectivity index (χ0v) is 12.5. The average Bonchev–Trinajstić information content (AvgIpc) is 2.91. The van der Waals surface area contributed by atoms with Crippen LogP contribution in [0.1, 0.15) is 30.1 Å². The van der Waals surface area contributed by atoms with Gasteiger partial charge in [0.25, 0.3) is 5.91 Å². The molecule has 2 N–H and O–H groups in total. The van der Waals surface area contributed by atoms with Gasteiger partial charge in [-0.1, -0.05) is 18.5 Å². The highest BCUT2D eigenvalue weighted by Crippen LogP contribution is 2.22. The molecule has 6 heteroatoms. The Bertz CT molecular complexity index is 481. The van der Waals surface area contributed by atoms with E-state index in [0.717, 1.165) is 19.4 Å². The number of nitrogens with one attached hydrogen (secondary N) is 2. The predicted molar refractivity (Wildman–Crippen MR) is 79.3 cm³/mol. The number of carbonyl (C=O) groups excluding carboxylic acids is 1. The van der Waals surface area contributed by atoms with Crippen LogP contribution in [0.5, 0.6) is 0 Å². The molecule has 110 valence electrons. The second kappa shape index (κ2) is 6.90. The monoisotopic (exact) mass is 297 g/mol. The molecule has 20 heavy (non-hydrogen) atoms. The van der Waals surface area contributed by atoms with Crippen molar-refractivity contribution in [2.24, 2.45) is 5.92 Å². The van der Waals surface area contributed by atoms with Crippen molar-refractivity contribution in [3.8, 4) is 0 Å². The van der Waals surface area contributed by atoms with Crippen LogP contribution in [0.25, 0.3) is 0 Å². The van der Waals surface area contributed by atoms with E-state index in [-0.39, 0.29) is 12.0 Å². The summed E-state index contributed by atoms with van der Waals surface area (Å²) in [5.41, 5.74) is 0.515. The molecule has 1 amide bonds. The predicted octanol–water partition coefficient (Wildman–Crippen LogP) is 2.32. The second-order valence-corrected chi connectivity index (χ2v) is 5.28. The maximum Gasteiger partial charge on any atom is 0.251 e. The summed E-state index contributed by atoms with van der Waals surface area (Å²) in [6.45, 7) is 3.52. The lowest BCUT2D eigenvalue weighted by molar-refractivity contribution is 0.0827. The number of nitrogens with zero attached hydrogens (tertiary/aromatic N) is 1. The normalized spacial score (nSPS) is 21.8. The third-order valence-corrected chi connectivity index (χ3v) is 3.78. The molecule has 1 aliphatic rings. The number of halogens is 1. The maximum absolute atomic E-state index is 12.2. The van der Waals surface area contributed by atoms with Gasteiger partial charge >= 0.3 is 0 Å². The SMILES string of the molecule is CCC1OCCC1CNC(=O)c1cc(Cl)nc(NC)c1. The van der Waals surface area contributed by atoms with E-state index in [0.29, 0.717) is 29.0 Å². The Morgan fingerprint density at radius 1 is 1.55 bits per heavy atom. The maximum atomic E-state index is 12.2. The summed E-state index contributed by atoms with van der Waals surface area (Å²) < 4.78 is 5.62. The first-order chi connectivity index (χ1) is 9.63. The molecule has 0 aliphatic carbocycles. The fourth-order valence-corrected chi connectivity index (χ4v) is 2.67. The van der Waals surface area contributed by atoms with Gasteiger partial charge in [-0.25, -0.2) is 4.98 Å². The number of hydrogen-bond donors (Lipinski definition) is 2. The lowest BCUT2D eigenvalue weighted by Gasteiger charge is -2.17. The number of amides is 1. The summed E-state index contributed by atoms with van der Waals surface area (Å²) in [6.07, 6.45) is 2.23. The number of rotatable bonds is 5. The smallest absolute Gasteiger partial charge is 0.251 e. The van der Waals surface area contributed by atoms with E-state index >= 15 is 0 Å². The summed E-state index contributed by atoms with van der Waals surface area (Å²) >= 11 is 5.89. The minimum Gasteiger partial charge on any atom is -0.378 e. The van der Waals surface area contributed by atoms with E-state index in [1.807, 2.05) is 0 Å². The fraction of sp³-hybridized carbons (Fsp3) is 0.571. The number of ether oxygens (including phenoxy) is 1. The molecule has 2 atom stereocenters. The Kier molecular flexibility index (Phi) is 5.20. The molecule has 0 bridgehead atoms. The molecular formula is C14H20ClN3O2. The molecule has 2 unspecified atom stereocenters. The van der Waals surface area contributed by atoms with Crippen molar-refractivity contribution in [2.75, 3.05) is 25.5 Å². The molecule has 1 fully saturated rings. The first kappa shape index (κ1) is 15.1. The molecular weight excluding hydrogens is 278 g/mol. The molecule has 0 spiro atoms. The molecule has 1 aromatic rings. The van der Waals surface area contributed by atoms with Crippen molar-refractivity contribution in [1.82, 2.24) is 10.3 Å². The molecule has 1 aliphatic heterocycles. The highest BCUT2D eigenvalue weighted by Gasteiger charge is 2.27. The van der Waals surface area contributed by atoms with Crippen molar-refractivity contribution in [3.63, 3.8) is 0 Å². The van der Waals surface area contributed by atoms with Gasteiger partial charge in [0.2, 0.25) is 0 Å². The molecule has 1 saturated heterocycles. The van der Waals surface area contributed by atoms with E-state index in [1.54, 1.807) is 19.2 Å². The number of aromatic nitrogens is 1. The molecule has 0 radical (unpaired) electrons. The number of carbonyl (C=O) groups is 1. The minimum absolute atomic E-state index is 0.132. The van der Waals surface area contributed by atoms with Crippen LogP contribution in [-0.4, -0.2) is 37.2 Å². The van der Waals surface area contributed by atoms with Gasteiger partial charge in [-0.3, -0.25) is 4.79 Å². The van der Waals surface area contributed by atoms with Gasteiger partial charge in [0, 0.05) is 31.7 Å². The quantitative estimate of drug-likeness (QED) is 0.819. The van der Waals surface area contributed by atoms with Crippen LogP contribution in [0, 0.1) is 5.92 Å². The molecule has 0 aromatic carbocycles. The van der Waals surface area contributed by atoms with Crippen LogP contribution in [0.2, 0.25) is 5.15 Å². The fourth-order valence-electron chi connectivity index (χ4n) is 2.46. The molecule has 2 heterocycles. The van der Waals surface area contributed by atoms with E-state index < -0.39 is 0 Å². The Labute approximate surface area is 124 Å². The van der Waals surface area contributed by atoms with E-state index in [1.165, 1.54) is 0 Å². The van der Waals surface area contributed by atoms with Crippen molar-refractivity contribution < 1.29 is 9.53 Å². The van der Waals surface area contributed by atoms with Gasteiger partial charge in [-0.15, -0.1) is 0 Å². The van der Waals surface area contributed by atoms with Gasteiger partial charge in [-0.2, -0.15) is 0 Å². The van der Waals surface area contributed by atoms with Crippen molar-refractivity contribution >= 4 is 23.3 Å². The zero-order chi connectivity index (χ0) is 14.5. The zero-order valence-electron chi connectivity index (χ0n) is 11.8. The van der Waals surface area contributed by atoms with Crippen LogP contribution in [-0.2, 0) is 4.74 Å². The van der Waals surface area contributed by atoms with Gasteiger partial charge in [0.05, 0.1) is 6.10 Å². The Morgan fingerprint density at radius 2 is 2.35 bits per heavy atom. The van der Waals surface area contributed by atoms with E-state index in [4.69, 9.17) is 16.3 Å². The summed E-state index contributed by atoms with van der Waals surface area (Å²) in [7, 11) is 1.74. The largest absolute Gasteiger partial charge is 0.378 e. The van der Waals surface area contributed by atoms with Gasteiger partial charge in [-0.05, 0) is 25.0 Å². The van der Waals surface area contributed by atoms with Gasteiger partial charge in [0.15, 0.2) is 0 Å². The summed E-state index contributed by atoms with van der Waals surface area (Å²) in [5, 5.41) is 6.13.